The van der Waals surface area contributed by atoms with Crippen LogP contribution in [0.4, 0.5) is 10.5 Å². The number of aryl methyl sites for hydroxylation is 1. The van der Waals surface area contributed by atoms with Gasteiger partial charge in [-0.1, -0.05) is 35.9 Å². The zero-order chi connectivity index (χ0) is 22.4. The van der Waals surface area contributed by atoms with E-state index in [1.165, 1.54) is 4.90 Å². The number of hydrogen-bond donors (Lipinski definition) is 1. The number of carbonyl (C=O) groups excluding carboxylic acids is 2. The van der Waals surface area contributed by atoms with Gasteiger partial charge in [0.05, 0.1) is 13.7 Å². The molecule has 3 saturated heterocycles. The van der Waals surface area contributed by atoms with Crippen LogP contribution in [0.1, 0.15) is 17.5 Å². The number of nitrogens with one attached hydrogen (secondary N) is 1. The quantitative estimate of drug-likeness (QED) is 0.794. The predicted molar refractivity (Wildman–Crippen MR) is 121 cm³/mol. The van der Waals surface area contributed by atoms with E-state index in [1.54, 1.807) is 19.1 Å². The maximum absolute atomic E-state index is 13.6. The van der Waals surface area contributed by atoms with Crippen LogP contribution in [0.5, 0.6) is 5.75 Å². The Morgan fingerprint density at radius 3 is 2.69 bits per heavy atom. The summed E-state index contributed by atoms with van der Waals surface area (Å²) in [6, 6.07) is 15.2. The lowest BCUT2D eigenvalue weighted by Crippen LogP contribution is -2.66. The van der Waals surface area contributed by atoms with Crippen LogP contribution in [-0.4, -0.2) is 72.4 Å². The number of ether oxygens (including phenoxy) is 1. The largest absolute Gasteiger partial charge is 0.497 e. The number of carbonyl (C=O) groups is 2. The Morgan fingerprint density at radius 1 is 1.09 bits per heavy atom. The molecule has 0 spiro atoms. The van der Waals surface area contributed by atoms with Gasteiger partial charge in [-0.15, -0.1) is 0 Å². The number of anilines is 1. The number of methoxy groups -OCH3 is 1. The summed E-state index contributed by atoms with van der Waals surface area (Å²) in [4.78, 5) is 34.3. The number of rotatable bonds is 4. The van der Waals surface area contributed by atoms with E-state index in [-0.39, 0.29) is 30.9 Å². The summed E-state index contributed by atoms with van der Waals surface area (Å²) in [7, 11) is 3.43. The first-order valence-electron chi connectivity index (χ1n) is 11.0. The fraction of sp³-hybridized carbons (Fsp3) is 0.417. The molecular weight excluding hydrogens is 406 g/mol. The van der Waals surface area contributed by atoms with Crippen LogP contribution in [0.15, 0.2) is 48.5 Å². The van der Waals surface area contributed by atoms with E-state index in [4.69, 9.17) is 4.74 Å². The Bertz CT molecular complexity index is 1040. The van der Waals surface area contributed by atoms with Gasteiger partial charge in [0, 0.05) is 31.9 Å². The summed E-state index contributed by atoms with van der Waals surface area (Å²) in [5.41, 5.74) is 3.10. The summed E-state index contributed by atoms with van der Waals surface area (Å²) in [6.07, 6.45) is 0.408. The second-order valence-electron chi connectivity index (χ2n) is 8.72. The highest BCUT2D eigenvalue weighted by Crippen LogP contribution is 2.34. The van der Waals surface area contributed by atoms with Crippen molar-refractivity contribution in [3.63, 3.8) is 0 Å². The van der Waals surface area contributed by atoms with E-state index in [0.29, 0.717) is 0 Å². The summed E-state index contributed by atoms with van der Waals surface area (Å²) in [5.74, 6) is 0.657. The maximum atomic E-state index is 13.6. The van der Waals surface area contributed by atoms with E-state index >= 15 is 0 Å². The van der Waals surface area contributed by atoms with Gasteiger partial charge >= 0.3 is 6.03 Å². The van der Waals surface area contributed by atoms with Crippen molar-refractivity contribution in [2.75, 3.05) is 32.1 Å². The second kappa shape index (κ2) is 8.11. The molecule has 168 valence electrons. The van der Waals surface area contributed by atoms with Crippen LogP contribution >= 0.6 is 0 Å². The van der Waals surface area contributed by atoms with Crippen molar-refractivity contribution >= 4 is 17.6 Å². The van der Waals surface area contributed by atoms with Gasteiger partial charge in [-0.3, -0.25) is 19.9 Å². The average molecular weight is 436 g/mol. The van der Waals surface area contributed by atoms with Crippen LogP contribution in [0.3, 0.4) is 0 Å². The Kier molecular flexibility index (Phi) is 5.27. The van der Waals surface area contributed by atoms with E-state index in [1.807, 2.05) is 49.4 Å². The monoisotopic (exact) mass is 435 g/mol. The molecular formula is C24H29N5O3. The first-order valence-corrected chi connectivity index (χ1v) is 11.0. The number of benzene rings is 2. The molecule has 8 nitrogen and oxygen atoms in total. The molecule has 3 fully saturated rings. The smallest absolute Gasteiger partial charge is 0.328 e. The van der Waals surface area contributed by atoms with Gasteiger partial charge in [0.1, 0.15) is 24.2 Å². The van der Waals surface area contributed by atoms with Crippen LogP contribution < -0.4 is 15.0 Å². The second-order valence-corrected chi connectivity index (χ2v) is 8.72. The molecule has 1 N–H and O–H groups in total. The first kappa shape index (κ1) is 20.8. The van der Waals surface area contributed by atoms with Gasteiger partial charge in [-0.25, -0.2) is 4.79 Å². The first-order chi connectivity index (χ1) is 15.5. The average Bonchev–Trinajstić information content (AvgIpc) is 3.20. The van der Waals surface area contributed by atoms with Crippen molar-refractivity contribution < 1.29 is 14.3 Å². The molecule has 3 amide bonds. The lowest BCUT2D eigenvalue weighted by Gasteiger charge is -2.44. The van der Waals surface area contributed by atoms with Crippen molar-refractivity contribution in [3.8, 4) is 5.75 Å². The van der Waals surface area contributed by atoms with E-state index in [9.17, 15) is 9.59 Å². The van der Waals surface area contributed by atoms with Crippen LogP contribution in [0.25, 0.3) is 0 Å². The fourth-order valence-corrected chi connectivity index (χ4v) is 5.11. The topological polar surface area (TPSA) is 68.4 Å². The summed E-state index contributed by atoms with van der Waals surface area (Å²) in [6.45, 7) is 3.95. The summed E-state index contributed by atoms with van der Waals surface area (Å²) in [5, 5.41) is 3.55. The third kappa shape index (κ3) is 3.40. The molecule has 3 aliphatic heterocycles. The minimum Gasteiger partial charge on any atom is -0.497 e. The lowest BCUT2D eigenvalue weighted by molar-refractivity contribution is -0.139. The minimum absolute atomic E-state index is 0.137. The highest BCUT2D eigenvalue weighted by molar-refractivity contribution is 6.00. The highest BCUT2D eigenvalue weighted by atomic mass is 16.5. The van der Waals surface area contributed by atoms with E-state index in [0.717, 1.165) is 42.1 Å². The molecule has 3 atom stereocenters. The molecule has 5 rings (SSSR count). The van der Waals surface area contributed by atoms with E-state index in [2.05, 4.69) is 21.2 Å². The predicted octanol–water partition coefficient (Wildman–Crippen LogP) is 2.19. The van der Waals surface area contributed by atoms with Gasteiger partial charge in [0.25, 0.3) is 5.91 Å². The third-order valence-corrected chi connectivity index (χ3v) is 6.68. The number of likely N-dealkylation sites (N-methyl/N-ethyl adjacent to an activating group) is 1. The minimum atomic E-state index is -0.416. The number of fused-ring (bicyclic) bond motifs is 3. The lowest BCUT2D eigenvalue weighted by atomic mass is 10.1. The number of imide groups is 1. The van der Waals surface area contributed by atoms with Crippen molar-refractivity contribution in [3.05, 3.63) is 59.7 Å². The maximum Gasteiger partial charge on any atom is 0.328 e. The van der Waals surface area contributed by atoms with Gasteiger partial charge in [0.2, 0.25) is 0 Å². The molecule has 8 heteroatoms. The molecule has 32 heavy (non-hydrogen) atoms. The SMILES string of the molecule is COc1cccc(N2CCCN3C4C(=O)N(Cc5cccc(C)c5)C(=O)N(C)C4NC23)c1. The van der Waals surface area contributed by atoms with Gasteiger partial charge < -0.3 is 14.5 Å². The standard InChI is InChI=1S/C24H29N5O3/c1-16-7-4-8-17(13-16)15-29-22(30)20-21(26(2)24(29)31)25-23-27(11-6-12-28(20)23)18-9-5-10-19(14-18)32-3/h4-5,7-10,13-14,20-21,23,25H,6,11-12,15H2,1-3H3. The molecule has 3 unspecified atom stereocenters. The summed E-state index contributed by atoms with van der Waals surface area (Å²) < 4.78 is 5.40. The van der Waals surface area contributed by atoms with Crippen LogP contribution in [0.2, 0.25) is 0 Å². The summed E-state index contributed by atoms with van der Waals surface area (Å²) >= 11 is 0. The van der Waals surface area contributed by atoms with Gasteiger partial charge in [-0.05, 0) is 31.0 Å². The Hall–Kier alpha value is -3.10. The van der Waals surface area contributed by atoms with E-state index < -0.39 is 6.04 Å². The van der Waals surface area contributed by atoms with Crippen LogP contribution in [-0.2, 0) is 11.3 Å². The number of hydrogen-bond acceptors (Lipinski definition) is 6. The van der Waals surface area contributed by atoms with Crippen molar-refractivity contribution in [1.82, 2.24) is 20.0 Å². The molecule has 0 aliphatic carbocycles. The molecule has 2 aromatic rings. The van der Waals surface area contributed by atoms with Crippen LogP contribution in [0, 0.1) is 6.92 Å². The molecule has 0 bridgehead atoms. The van der Waals surface area contributed by atoms with Crippen molar-refractivity contribution in [1.29, 1.82) is 0 Å². The number of nitrogens with zero attached hydrogens (tertiary/aromatic N) is 4. The molecule has 3 heterocycles. The fourth-order valence-electron chi connectivity index (χ4n) is 5.11. The zero-order valence-electron chi connectivity index (χ0n) is 18.7. The Morgan fingerprint density at radius 2 is 1.91 bits per heavy atom. The third-order valence-electron chi connectivity index (χ3n) is 6.68. The number of amides is 3. The normalized spacial score (nSPS) is 25.7. The molecule has 2 aromatic carbocycles. The van der Waals surface area contributed by atoms with Crippen molar-refractivity contribution in [2.45, 2.75) is 38.4 Å². The number of urea groups is 1. The molecule has 0 aromatic heterocycles. The van der Waals surface area contributed by atoms with Gasteiger partial charge in [-0.2, -0.15) is 0 Å². The highest BCUT2D eigenvalue weighted by Gasteiger charge is 2.56. The molecule has 3 aliphatic rings. The molecule has 0 saturated carbocycles. The van der Waals surface area contributed by atoms with Gasteiger partial charge in [0.15, 0.2) is 0 Å². The molecule has 0 radical (unpaired) electrons. The Balaban J connectivity index is 1.43. The zero-order valence-corrected chi connectivity index (χ0v) is 18.7. The van der Waals surface area contributed by atoms with Crippen molar-refractivity contribution in [2.24, 2.45) is 0 Å². The Labute approximate surface area is 188 Å².